The SMILES string of the molecule is Cc1ccc(C(=O)Nc2cc(-c3cc4c([nH]3)C3(CCNC3)CNC4=O)ccn2)cc1C. The maximum Gasteiger partial charge on any atom is 0.256 e. The van der Waals surface area contributed by atoms with E-state index in [1.165, 1.54) is 0 Å². The Morgan fingerprint density at radius 2 is 1.97 bits per heavy atom. The van der Waals surface area contributed by atoms with E-state index in [1.807, 2.05) is 50.2 Å². The number of hydrogen-bond donors (Lipinski definition) is 4. The van der Waals surface area contributed by atoms with Gasteiger partial charge in [-0.2, -0.15) is 0 Å². The lowest BCUT2D eigenvalue weighted by Crippen LogP contribution is -2.48. The van der Waals surface area contributed by atoms with E-state index < -0.39 is 0 Å². The fourth-order valence-electron chi connectivity index (χ4n) is 4.49. The summed E-state index contributed by atoms with van der Waals surface area (Å²) in [6, 6.07) is 11.2. The van der Waals surface area contributed by atoms with Crippen LogP contribution in [0.5, 0.6) is 0 Å². The molecule has 5 rings (SSSR count). The Bertz CT molecular complexity index is 1190. The average Bonchev–Trinajstić information content (AvgIpc) is 3.42. The van der Waals surface area contributed by atoms with Gasteiger partial charge in [0.1, 0.15) is 5.82 Å². The molecule has 2 aliphatic heterocycles. The van der Waals surface area contributed by atoms with Crippen molar-refractivity contribution in [2.75, 3.05) is 25.0 Å². The number of carbonyl (C=O) groups excluding carboxylic acids is 2. The van der Waals surface area contributed by atoms with Crippen molar-refractivity contribution < 1.29 is 9.59 Å². The molecule has 158 valence electrons. The van der Waals surface area contributed by atoms with E-state index in [0.29, 0.717) is 23.5 Å². The van der Waals surface area contributed by atoms with Gasteiger partial charge in [-0.25, -0.2) is 4.98 Å². The highest BCUT2D eigenvalue weighted by Crippen LogP contribution is 2.37. The molecule has 0 saturated carbocycles. The maximum atomic E-state index is 12.7. The number of aryl methyl sites for hydroxylation is 2. The van der Waals surface area contributed by atoms with Crippen molar-refractivity contribution in [3.05, 3.63) is 70.5 Å². The normalized spacial score (nSPS) is 19.9. The van der Waals surface area contributed by atoms with Crippen LogP contribution in [-0.2, 0) is 5.41 Å². The lowest BCUT2D eigenvalue weighted by atomic mass is 9.79. The molecule has 0 radical (unpaired) electrons. The Morgan fingerprint density at radius 1 is 1.10 bits per heavy atom. The van der Waals surface area contributed by atoms with Gasteiger partial charge >= 0.3 is 0 Å². The summed E-state index contributed by atoms with van der Waals surface area (Å²) in [5.74, 6) is 0.219. The Labute approximate surface area is 180 Å². The van der Waals surface area contributed by atoms with Crippen molar-refractivity contribution >= 4 is 17.6 Å². The number of nitrogens with one attached hydrogen (secondary N) is 4. The number of aromatic amines is 1. The molecule has 1 atom stereocenters. The Kier molecular flexibility index (Phi) is 4.63. The van der Waals surface area contributed by atoms with Crippen LogP contribution in [0.1, 0.15) is 44.0 Å². The minimum absolute atomic E-state index is 0.0488. The molecule has 7 heteroatoms. The topological polar surface area (TPSA) is 98.9 Å². The van der Waals surface area contributed by atoms with Crippen LogP contribution in [0.2, 0.25) is 0 Å². The monoisotopic (exact) mass is 415 g/mol. The van der Waals surface area contributed by atoms with Crippen LogP contribution in [0.4, 0.5) is 5.82 Å². The molecular weight excluding hydrogens is 390 g/mol. The van der Waals surface area contributed by atoms with E-state index in [9.17, 15) is 9.59 Å². The van der Waals surface area contributed by atoms with Crippen LogP contribution >= 0.6 is 0 Å². The number of amides is 2. The van der Waals surface area contributed by atoms with Gasteiger partial charge in [0, 0.05) is 47.2 Å². The first-order valence-electron chi connectivity index (χ1n) is 10.5. The molecule has 1 fully saturated rings. The fourth-order valence-corrected chi connectivity index (χ4v) is 4.49. The molecule has 1 unspecified atom stereocenters. The summed E-state index contributed by atoms with van der Waals surface area (Å²) >= 11 is 0. The lowest BCUT2D eigenvalue weighted by Gasteiger charge is -2.32. The van der Waals surface area contributed by atoms with Crippen LogP contribution in [0.3, 0.4) is 0 Å². The number of pyridine rings is 1. The molecule has 1 aromatic carbocycles. The Hall–Kier alpha value is -3.45. The van der Waals surface area contributed by atoms with Crippen molar-refractivity contribution in [1.82, 2.24) is 20.6 Å². The van der Waals surface area contributed by atoms with E-state index >= 15 is 0 Å². The molecule has 1 spiro atoms. The van der Waals surface area contributed by atoms with E-state index in [0.717, 1.165) is 47.6 Å². The number of fused-ring (bicyclic) bond motifs is 2. The molecule has 1 saturated heterocycles. The van der Waals surface area contributed by atoms with Crippen LogP contribution in [-0.4, -0.2) is 41.4 Å². The van der Waals surface area contributed by atoms with Crippen molar-refractivity contribution in [2.45, 2.75) is 25.7 Å². The molecule has 2 amide bonds. The highest BCUT2D eigenvalue weighted by atomic mass is 16.2. The fraction of sp³-hybridized carbons (Fsp3) is 0.292. The summed E-state index contributed by atoms with van der Waals surface area (Å²) in [6.07, 6.45) is 2.64. The second kappa shape index (κ2) is 7.35. The number of carbonyl (C=O) groups is 2. The molecule has 2 aromatic heterocycles. The minimum Gasteiger partial charge on any atom is -0.357 e. The van der Waals surface area contributed by atoms with Crippen molar-refractivity contribution in [2.24, 2.45) is 0 Å². The third kappa shape index (κ3) is 3.41. The van der Waals surface area contributed by atoms with Crippen molar-refractivity contribution in [3.63, 3.8) is 0 Å². The predicted molar refractivity (Wildman–Crippen MR) is 119 cm³/mol. The van der Waals surface area contributed by atoms with Gasteiger partial charge in [0.25, 0.3) is 11.8 Å². The molecule has 31 heavy (non-hydrogen) atoms. The van der Waals surface area contributed by atoms with E-state index in [2.05, 4.69) is 25.9 Å². The summed E-state index contributed by atoms with van der Waals surface area (Å²) < 4.78 is 0. The molecule has 0 bridgehead atoms. The Morgan fingerprint density at radius 3 is 2.74 bits per heavy atom. The van der Waals surface area contributed by atoms with Crippen LogP contribution in [0, 0.1) is 13.8 Å². The van der Waals surface area contributed by atoms with Crippen LogP contribution < -0.4 is 16.0 Å². The predicted octanol–water partition coefficient (Wildman–Crippen LogP) is 2.92. The van der Waals surface area contributed by atoms with Gasteiger partial charge in [-0.05, 0) is 68.3 Å². The molecule has 3 aromatic rings. The molecule has 4 N–H and O–H groups in total. The van der Waals surface area contributed by atoms with Gasteiger partial charge in [-0.1, -0.05) is 6.07 Å². The highest BCUT2D eigenvalue weighted by molar-refractivity contribution is 6.04. The van der Waals surface area contributed by atoms with Crippen molar-refractivity contribution in [1.29, 1.82) is 0 Å². The highest BCUT2D eigenvalue weighted by Gasteiger charge is 2.43. The molecule has 2 aliphatic rings. The molecular formula is C24H25N5O2. The van der Waals surface area contributed by atoms with Gasteiger partial charge in [-0.3, -0.25) is 9.59 Å². The van der Waals surface area contributed by atoms with Gasteiger partial charge in [0.05, 0.1) is 5.56 Å². The van der Waals surface area contributed by atoms with E-state index in [4.69, 9.17) is 0 Å². The second-order valence-electron chi connectivity index (χ2n) is 8.54. The summed E-state index contributed by atoms with van der Waals surface area (Å²) in [7, 11) is 0. The third-order valence-electron chi connectivity index (χ3n) is 6.51. The number of hydrogen-bond acceptors (Lipinski definition) is 4. The number of H-pyrrole nitrogens is 1. The summed E-state index contributed by atoms with van der Waals surface area (Å²) in [6.45, 7) is 6.42. The third-order valence-corrected chi connectivity index (χ3v) is 6.51. The van der Waals surface area contributed by atoms with E-state index in [1.54, 1.807) is 6.20 Å². The number of aromatic nitrogens is 2. The van der Waals surface area contributed by atoms with Gasteiger partial charge in [0.15, 0.2) is 0 Å². The van der Waals surface area contributed by atoms with Crippen LogP contribution in [0.15, 0.2) is 42.6 Å². The summed E-state index contributed by atoms with van der Waals surface area (Å²) in [5.41, 5.74) is 6.13. The van der Waals surface area contributed by atoms with E-state index in [-0.39, 0.29) is 17.2 Å². The first-order valence-corrected chi connectivity index (χ1v) is 10.5. The maximum absolute atomic E-state index is 12.7. The number of rotatable bonds is 3. The zero-order chi connectivity index (χ0) is 21.6. The average molecular weight is 415 g/mol. The first-order chi connectivity index (χ1) is 14.9. The molecule has 0 aliphatic carbocycles. The van der Waals surface area contributed by atoms with Crippen LogP contribution in [0.25, 0.3) is 11.3 Å². The smallest absolute Gasteiger partial charge is 0.256 e. The van der Waals surface area contributed by atoms with Crippen molar-refractivity contribution in [3.8, 4) is 11.3 Å². The number of anilines is 1. The molecule has 7 nitrogen and oxygen atoms in total. The zero-order valence-corrected chi connectivity index (χ0v) is 17.6. The minimum atomic E-state index is -0.200. The number of benzene rings is 1. The van der Waals surface area contributed by atoms with Gasteiger partial charge < -0.3 is 20.9 Å². The van der Waals surface area contributed by atoms with Gasteiger partial charge in [0.2, 0.25) is 0 Å². The lowest BCUT2D eigenvalue weighted by molar-refractivity contribution is 0.0926. The second-order valence-corrected chi connectivity index (χ2v) is 8.54. The molecule has 4 heterocycles. The standard InChI is InChI=1S/C24H25N5O2/c1-14-3-4-17(9-15(14)2)22(30)29-20-10-16(5-7-26-20)19-11-18-21(28-19)24(6-8-25-12-24)13-27-23(18)31/h3-5,7,9-11,25,28H,6,8,12-13H2,1-2H3,(H,27,31)(H,26,29,30). The zero-order valence-electron chi connectivity index (χ0n) is 17.6. The Balaban J connectivity index is 1.44. The quantitative estimate of drug-likeness (QED) is 0.529. The largest absolute Gasteiger partial charge is 0.357 e. The number of nitrogens with zero attached hydrogens (tertiary/aromatic N) is 1. The summed E-state index contributed by atoms with van der Waals surface area (Å²) in [5, 5.41) is 9.32. The first kappa shape index (κ1) is 19.5. The summed E-state index contributed by atoms with van der Waals surface area (Å²) in [4.78, 5) is 32.9. The van der Waals surface area contributed by atoms with Gasteiger partial charge in [-0.15, -0.1) is 0 Å².